The fourth-order valence-electron chi connectivity index (χ4n) is 4.21. The number of carbonyl (C=O) groups is 1. The predicted octanol–water partition coefficient (Wildman–Crippen LogP) is 5.70. The van der Waals surface area contributed by atoms with Gasteiger partial charge in [-0.1, -0.05) is 36.9 Å². The smallest absolute Gasteiger partial charge is 0.323 e. The van der Waals surface area contributed by atoms with Gasteiger partial charge in [-0.25, -0.2) is 0 Å². The van der Waals surface area contributed by atoms with Crippen molar-refractivity contribution in [2.45, 2.75) is 44.6 Å². The summed E-state index contributed by atoms with van der Waals surface area (Å²) >= 11 is 9.70. The lowest BCUT2D eigenvalue weighted by Crippen LogP contribution is -2.17. The van der Waals surface area contributed by atoms with Crippen molar-refractivity contribution in [1.29, 1.82) is 0 Å². The summed E-state index contributed by atoms with van der Waals surface area (Å²) in [4.78, 5) is 24.6. The molecule has 0 unspecified atom stereocenters. The minimum Gasteiger partial charge on any atom is -0.480 e. The molecule has 0 aliphatic heterocycles. The molecule has 140 valence electrons. The van der Waals surface area contributed by atoms with E-state index < -0.39 is 5.97 Å². The van der Waals surface area contributed by atoms with Crippen molar-refractivity contribution in [3.05, 3.63) is 55.6 Å². The number of rotatable bonds is 3. The van der Waals surface area contributed by atoms with E-state index >= 15 is 0 Å². The molecule has 0 bridgehead atoms. The second-order valence-electron chi connectivity index (χ2n) is 7.18. The van der Waals surface area contributed by atoms with E-state index in [-0.39, 0.29) is 12.0 Å². The maximum absolute atomic E-state index is 13.1. The SMILES string of the molecule is O=C(O)Cn1c2cc(C3CCCCC3)ccc2c(=O)c2ccc(Cl)c(Br)c21. The summed E-state index contributed by atoms with van der Waals surface area (Å²) in [5.74, 6) is -0.494. The average Bonchev–Trinajstić information content (AvgIpc) is 2.67. The van der Waals surface area contributed by atoms with Crippen molar-refractivity contribution in [2.24, 2.45) is 0 Å². The molecule has 3 aromatic rings. The molecule has 4 nitrogen and oxygen atoms in total. The van der Waals surface area contributed by atoms with Gasteiger partial charge in [0, 0.05) is 10.8 Å². The molecular formula is C21H19BrClNO3. The maximum atomic E-state index is 13.1. The summed E-state index contributed by atoms with van der Waals surface area (Å²) in [5, 5.41) is 10.9. The number of nitrogens with zero attached hydrogens (tertiary/aromatic N) is 1. The molecule has 0 radical (unpaired) electrons. The standard InChI is InChI=1S/C21H19BrClNO3/c22-19-16(23)9-8-15-20(19)24(11-18(25)26)17-10-13(6-7-14(17)21(15)27)12-4-2-1-3-5-12/h6-10,12H,1-5,11H2,(H,25,26). The maximum Gasteiger partial charge on any atom is 0.323 e. The van der Waals surface area contributed by atoms with Gasteiger partial charge in [0.15, 0.2) is 5.43 Å². The quantitative estimate of drug-likeness (QED) is 0.523. The number of aromatic nitrogens is 1. The van der Waals surface area contributed by atoms with E-state index in [0.29, 0.717) is 37.2 Å². The largest absolute Gasteiger partial charge is 0.480 e. The molecule has 1 N–H and O–H groups in total. The van der Waals surface area contributed by atoms with Gasteiger partial charge in [0.05, 0.1) is 20.5 Å². The fourth-order valence-corrected chi connectivity index (χ4v) is 4.92. The van der Waals surface area contributed by atoms with Crippen LogP contribution in [0.15, 0.2) is 39.6 Å². The first-order chi connectivity index (χ1) is 13.0. The number of aliphatic carboxylic acids is 1. The Morgan fingerprint density at radius 3 is 2.56 bits per heavy atom. The van der Waals surface area contributed by atoms with Crippen LogP contribution in [0, 0.1) is 0 Å². The van der Waals surface area contributed by atoms with Crippen LogP contribution in [0.2, 0.25) is 5.02 Å². The van der Waals surface area contributed by atoms with Crippen molar-refractivity contribution >= 4 is 55.3 Å². The third-order valence-electron chi connectivity index (χ3n) is 5.51. The second-order valence-corrected chi connectivity index (χ2v) is 8.38. The molecule has 6 heteroatoms. The second kappa shape index (κ2) is 7.28. The zero-order valence-corrected chi connectivity index (χ0v) is 17.0. The van der Waals surface area contributed by atoms with Gasteiger partial charge in [0.1, 0.15) is 6.54 Å². The van der Waals surface area contributed by atoms with Crippen molar-refractivity contribution in [3.8, 4) is 0 Å². The Labute approximate surface area is 169 Å². The highest BCUT2D eigenvalue weighted by atomic mass is 79.9. The molecule has 2 aromatic carbocycles. The van der Waals surface area contributed by atoms with Gasteiger partial charge in [-0.3, -0.25) is 9.59 Å². The Morgan fingerprint density at radius 1 is 1.15 bits per heavy atom. The first-order valence-electron chi connectivity index (χ1n) is 9.13. The van der Waals surface area contributed by atoms with Crippen LogP contribution in [0.1, 0.15) is 43.6 Å². The van der Waals surface area contributed by atoms with E-state index in [4.69, 9.17) is 11.6 Å². The van der Waals surface area contributed by atoms with E-state index in [0.717, 1.165) is 12.8 Å². The highest BCUT2D eigenvalue weighted by molar-refractivity contribution is 9.10. The van der Waals surface area contributed by atoms with Gasteiger partial charge in [0.25, 0.3) is 0 Å². The van der Waals surface area contributed by atoms with Crippen molar-refractivity contribution in [1.82, 2.24) is 4.57 Å². The minimum absolute atomic E-state index is 0.103. The molecule has 1 fully saturated rings. The van der Waals surface area contributed by atoms with Crippen LogP contribution in [-0.2, 0) is 11.3 Å². The molecule has 0 saturated heterocycles. The number of pyridine rings is 1. The zero-order valence-electron chi connectivity index (χ0n) is 14.7. The van der Waals surface area contributed by atoms with Gasteiger partial charge < -0.3 is 9.67 Å². The average molecular weight is 449 g/mol. The molecule has 0 atom stereocenters. The van der Waals surface area contributed by atoms with E-state index in [9.17, 15) is 14.7 Å². The first kappa shape index (κ1) is 18.5. The van der Waals surface area contributed by atoms with E-state index in [1.807, 2.05) is 18.2 Å². The predicted molar refractivity (Wildman–Crippen MR) is 112 cm³/mol. The Kier molecular flexibility index (Phi) is 4.99. The third-order valence-corrected chi connectivity index (χ3v) is 6.86. The summed E-state index contributed by atoms with van der Waals surface area (Å²) in [6.45, 7) is -0.236. The minimum atomic E-state index is -0.962. The van der Waals surface area contributed by atoms with Gasteiger partial charge in [-0.05, 0) is 64.5 Å². The summed E-state index contributed by atoms with van der Waals surface area (Å²) in [6, 6.07) is 9.20. The molecule has 1 aliphatic rings. The molecule has 0 amide bonds. The summed E-state index contributed by atoms with van der Waals surface area (Å²) in [5.41, 5.74) is 2.26. The van der Waals surface area contributed by atoms with Gasteiger partial charge >= 0.3 is 5.97 Å². The van der Waals surface area contributed by atoms with Gasteiger partial charge in [-0.15, -0.1) is 0 Å². The number of halogens is 2. The topological polar surface area (TPSA) is 59.3 Å². The molecule has 1 heterocycles. The van der Waals surface area contributed by atoms with Crippen LogP contribution in [0.25, 0.3) is 21.8 Å². The van der Waals surface area contributed by atoms with Crippen LogP contribution in [-0.4, -0.2) is 15.6 Å². The summed E-state index contributed by atoms with van der Waals surface area (Å²) in [7, 11) is 0. The normalized spacial score (nSPS) is 15.5. The van der Waals surface area contributed by atoms with Crippen LogP contribution in [0.5, 0.6) is 0 Å². The molecule has 1 saturated carbocycles. The third kappa shape index (κ3) is 3.27. The molecule has 1 aliphatic carbocycles. The number of fused-ring (bicyclic) bond motifs is 2. The number of carboxylic acids is 1. The molecule has 1 aromatic heterocycles. The Hall–Kier alpha value is -1.85. The first-order valence-corrected chi connectivity index (χ1v) is 10.3. The number of benzene rings is 2. The molecule has 4 rings (SSSR count). The molecular weight excluding hydrogens is 430 g/mol. The van der Waals surface area contributed by atoms with Gasteiger partial charge in [0.2, 0.25) is 0 Å². The highest BCUT2D eigenvalue weighted by Crippen LogP contribution is 2.36. The number of carboxylic acid groups (broad SMARTS) is 1. The lowest BCUT2D eigenvalue weighted by atomic mass is 9.84. The van der Waals surface area contributed by atoms with E-state index in [1.54, 1.807) is 16.7 Å². The van der Waals surface area contributed by atoms with Crippen molar-refractivity contribution < 1.29 is 9.90 Å². The zero-order chi connectivity index (χ0) is 19.1. The van der Waals surface area contributed by atoms with Crippen LogP contribution in [0.3, 0.4) is 0 Å². The summed E-state index contributed by atoms with van der Waals surface area (Å²) < 4.78 is 2.24. The molecule has 27 heavy (non-hydrogen) atoms. The van der Waals surface area contributed by atoms with E-state index in [1.165, 1.54) is 24.8 Å². The fraction of sp³-hybridized carbons (Fsp3) is 0.333. The van der Waals surface area contributed by atoms with Crippen LogP contribution < -0.4 is 5.43 Å². The Bertz CT molecular complexity index is 1120. The van der Waals surface area contributed by atoms with Crippen molar-refractivity contribution in [2.75, 3.05) is 0 Å². The Balaban J connectivity index is 2.07. The lowest BCUT2D eigenvalue weighted by molar-refractivity contribution is -0.137. The van der Waals surface area contributed by atoms with E-state index in [2.05, 4.69) is 15.9 Å². The summed E-state index contributed by atoms with van der Waals surface area (Å²) in [6.07, 6.45) is 5.96. The van der Waals surface area contributed by atoms with Crippen LogP contribution >= 0.6 is 27.5 Å². The Morgan fingerprint density at radius 2 is 1.85 bits per heavy atom. The van der Waals surface area contributed by atoms with Crippen LogP contribution in [0.4, 0.5) is 0 Å². The molecule has 0 spiro atoms. The lowest BCUT2D eigenvalue weighted by Gasteiger charge is -2.23. The van der Waals surface area contributed by atoms with Crippen molar-refractivity contribution in [3.63, 3.8) is 0 Å². The van der Waals surface area contributed by atoms with Gasteiger partial charge in [-0.2, -0.15) is 0 Å². The highest BCUT2D eigenvalue weighted by Gasteiger charge is 2.20. The number of hydrogen-bond donors (Lipinski definition) is 1. The monoisotopic (exact) mass is 447 g/mol. The number of hydrogen-bond acceptors (Lipinski definition) is 2.